The molecule has 0 atom stereocenters. The number of amides is 1. The lowest BCUT2D eigenvalue weighted by atomic mass is 10.00. The highest BCUT2D eigenvalue weighted by Gasteiger charge is 2.20. The maximum Gasteiger partial charge on any atom is 0.243 e. The third-order valence-corrected chi connectivity index (χ3v) is 4.22. The second-order valence-corrected chi connectivity index (χ2v) is 6.29. The molecule has 3 N–H and O–H groups in total. The molecule has 0 saturated heterocycles. The third kappa shape index (κ3) is 4.01. The van der Waals surface area contributed by atoms with Crippen molar-refractivity contribution in [2.45, 2.75) is 26.7 Å². The van der Waals surface area contributed by atoms with E-state index in [2.05, 4.69) is 22.3 Å². The number of nitrogens with two attached hydrogens (primary N) is 1. The van der Waals surface area contributed by atoms with Gasteiger partial charge in [0.05, 0.1) is 6.54 Å². The number of nitrogens with zero attached hydrogens (tertiary/aromatic N) is 1. The number of carbonyl (C=O) groups is 1. The lowest BCUT2D eigenvalue weighted by Crippen LogP contribution is -2.37. The van der Waals surface area contributed by atoms with Crippen molar-refractivity contribution in [1.29, 1.82) is 0 Å². The van der Waals surface area contributed by atoms with Gasteiger partial charge in [-0.3, -0.25) is 4.79 Å². The molecule has 0 unspecified atom stereocenters. The third-order valence-electron chi connectivity index (χ3n) is 4.22. The molecule has 0 spiro atoms. The summed E-state index contributed by atoms with van der Waals surface area (Å²) in [6, 6.07) is 12.0. The van der Waals surface area contributed by atoms with Gasteiger partial charge in [0.2, 0.25) is 5.91 Å². The van der Waals surface area contributed by atoms with E-state index in [0.29, 0.717) is 6.54 Å². The lowest BCUT2D eigenvalue weighted by molar-refractivity contribution is -0.115. The standard InChI is InChI=1S/C19H23N3O.ClH/c1-13-9-14(2)11-15(10-13)21-19(23)12-22-8-4-5-16-17(20)6-3-7-18(16)22;/h3,6-7,9-11H,4-5,8,12,20H2,1-2H3,(H,21,23);1H. The first-order valence-electron chi connectivity index (χ1n) is 8.03. The van der Waals surface area contributed by atoms with E-state index < -0.39 is 0 Å². The zero-order valence-electron chi connectivity index (χ0n) is 14.1. The van der Waals surface area contributed by atoms with Crippen molar-refractivity contribution < 1.29 is 4.79 Å². The van der Waals surface area contributed by atoms with Gasteiger partial charge in [0.25, 0.3) is 0 Å². The van der Waals surface area contributed by atoms with Crippen molar-refractivity contribution in [3.63, 3.8) is 0 Å². The average molecular weight is 346 g/mol. The van der Waals surface area contributed by atoms with Gasteiger partial charge >= 0.3 is 0 Å². The Hall–Kier alpha value is -2.20. The minimum absolute atomic E-state index is 0. The summed E-state index contributed by atoms with van der Waals surface area (Å²) in [5.74, 6) is 0.00488. The summed E-state index contributed by atoms with van der Waals surface area (Å²) in [6.07, 6.45) is 2.01. The van der Waals surface area contributed by atoms with Gasteiger partial charge in [0.1, 0.15) is 0 Å². The molecule has 1 amide bonds. The highest BCUT2D eigenvalue weighted by atomic mass is 35.5. The van der Waals surface area contributed by atoms with Gasteiger partial charge in [0.15, 0.2) is 0 Å². The molecule has 128 valence electrons. The number of carbonyl (C=O) groups excluding carboxylic acids is 1. The van der Waals surface area contributed by atoms with E-state index in [1.165, 1.54) is 0 Å². The number of fused-ring (bicyclic) bond motifs is 1. The molecule has 0 aliphatic carbocycles. The molecule has 0 aromatic heterocycles. The van der Waals surface area contributed by atoms with Crippen LogP contribution in [-0.4, -0.2) is 19.0 Å². The Labute approximate surface area is 149 Å². The molecule has 4 nitrogen and oxygen atoms in total. The predicted molar refractivity (Wildman–Crippen MR) is 103 cm³/mol. The van der Waals surface area contributed by atoms with Crippen LogP contribution in [0.2, 0.25) is 0 Å². The number of hydrogen-bond acceptors (Lipinski definition) is 3. The zero-order valence-corrected chi connectivity index (χ0v) is 15.0. The first-order chi connectivity index (χ1) is 11.0. The quantitative estimate of drug-likeness (QED) is 0.834. The molecular weight excluding hydrogens is 322 g/mol. The first kappa shape index (κ1) is 18.1. The van der Waals surface area contributed by atoms with Crippen LogP contribution >= 0.6 is 12.4 Å². The fraction of sp³-hybridized carbons (Fsp3) is 0.316. The Morgan fingerprint density at radius 1 is 1.21 bits per heavy atom. The predicted octanol–water partition coefficient (Wildman–Crippen LogP) is 3.70. The summed E-state index contributed by atoms with van der Waals surface area (Å²) in [5.41, 5.74) is 12.3. The molecular formula is C19H24ClN3O. The molecule has 3 rings (SSSR count). The van der Waals surface area contributed by atoms with Crippen LogP contribution < -0.4 is 16.0 Å². The second-order valence-electron chi connectivity index (χ2n) is 6.29. The molecule has 1 aliphatic heterocycles. The van der Waals surface area contributed by atoms with Crippen LogP contribution in [0.3, 0.4) is 0 Å². The minimum Gasteiger partial charge on any atom is -0.398 e. The van der Waals surface area contributed by atoms with E-state index in [4.69, 9.17) is 5.73 Å². The number of nitrogen functional groups attached to an aromatic ring is 1. The van der Waals surface area contributed by atoms with E-state index in [1.807, 2.05) is 38.1 Å². The van der Waals surface area contributed by atoms with Gasteiger partial charge < -0.3 is 16.0 Å². The molecule has 0 fully saturated rings. The Balaban J connectivity index is 0.00000208. The number of nitrogens with one attached hydrogen (secondary N) is 1. The van der Waals surface area contributed by atoms with E-state index >= 15 is 0 Å². The van der Waals surface area contributed by atoms with Gasteiger partial charge in [-0.15, -0.1) is 12.4 Å². The van der Waals surface area contributed by atoms with Crippen LogP contribution in [0, 0.1) is 13.8 Å². The summed E-state index contributed by atoms with van der Waals surface area (Å²) >= 11 is 0. The summed E-state index contributed by atoms with van der Waals surface area (Å²) in [4.78, 5) is 14.5. The number of halogens is 1. The maximum absolute atomic E-state index is 12.4. The van der Waals surface area contributed by atoms with E-state index in [1.54, 1.807) is 0 Å². The highest BCUT2D eigenvalue weighted by molar-refractivity contribution is 5.94. The molecule has 2 aromatic rings. The second kappa shape index (κ2) is 7.58. The average Bonchev–Trinajstić information content (AvgIpc) is 2.47. The molecule has 1 heterocycles. The summed E-state index contributed by atoms with van der Waals surface area (Å²) in [7, 11) is 0. The van der Waals surface area contributed by atoms with Crippen molar-refractivity contribution in [3.8, 4) is 0 Å². The van der Waals surface area contributed by atoms with Crippen LogP contribution in [-0.2, 0) is 11.2 Å². The lowest BCUT2D eigenvalue weighted by Gasteiger charge is -2.31. The molecule has 2 aromatic carbocycles. The fourth-order valence-corrected chi connectivity index (χ4v) is 3.31. The monoisotopic (exact) mass is 345 g/mol. The fourth-order valence-electron chi connectivity index (χ4n) is 3.31. The summed E-state index contributed by atoms with van der Waals surface area (Å²) in [5, 5.41) is 3.00. The highest BCUT2D eigenvalue weighted by Crippen LogP contribution is 2.31. The van der Waals surface area contributed by atoms with Gasteiger partial charge in [-0.1, -0.05) is 12.1 Å². The molecule has 1 aliphatic rings. The van der Waals surface area contributed by atoms with Crippen LogP contribution in [0.1, 0.15) is 23.1 Å². The van der Waals surface area contributed by atoms with Gasteiger partial charge in [0, 0.05) is 23.6 Å². The minimum atomic E-state index is 0. The van der Waals surface area contributed by atoms with Crippen molar-refractivity contribution in [2.75, 3.05) is 29.0 Å². The van der Waals surface area contributed by atoms with Crippen LogP contribution in [0.15, 0.2) is 36.4 Å². The van der Waals surface area contributed by atoms with Crippen LogP contribution in [0.4, 0.5) is 17.1 Å². The van der Waals surface area contributed by atoms with Gasteiger partial charge in [-0.25, -0.2) is 0 Å². The molecule has 24 heavy (non-hydrogen) atoms. The number of anilines is 3. The van der Waals surface area contributed by atoms with Crippen LogP contribution in [0.5, 0.6) is 0 Å². The smallest absolute Gasteiger partial charge is 0.243 e. The van der Waals surface area contributed by atoms with Crippen molar-refractivity contribution in [1.82, 2.24) is 0 Å². The first-order valence-corrected chi connectivity index (χ1v) is 8.03. The summed E-state index contributed by atoms with van der Waals surface area (Å²) in [6.45, 7) is 5.30. The molecule has 5 heteroatoms. The Bertz CT molecular complexity index is 725. The normalized spacial score (nSPS) is 13.0. The SMILES string of the molecule is Cc1cc(C)cc(NC(=O)CN2CCCc3c(N)cccc32)c1.Cl. The zero-order chi connectivity index (χ0) is 16.4. The van der Waals surface area contributed by atoms with Gasteiger partial charge in [-0.05, 0) is 67.6 Å². The molecule has 0 saturated carbocycles. The molecule has 0 bridgehead atoms. The molecule has 0 radical (unpaired) electrons. The largest absolute Gasteiger partial charge is 0.398 e. The Kier molecular flexibility index (Phi) is 5.73. The maximum atomic E-state index is 12.4. The van der Waals surface area contributed by atoms with Crippen molar-refractivity contribution >= 4 is 35.4 Å². The van der Waals surface area contributed by atoms with Crippen molar-refractivity contribution in [2.24, 2.45) is 0 Å². The Morgan fingerprint density at radius 2 is 1.92 bits per heavy atom. The van der Waals surface area contributed by atoms with Gasteiger partial charge in [-0.2, -0.15) is 0 Å². The van der Waals surface area contributed by atoms with Crippen molar-refractivity contribution in [3.05, 3.63) is 53.1 Å². The number of hydrogen-bond donors (Lipinski definition) is 2. The number of rotatable bonds is 3. The Morgan fingerprint density at radius 3 is 2.62 bits per heavy atom. The number of benzene rings is 2. The number of aryl methyl sites for hydroxylation is 2. The summed E-state index contributed by atoms with van der Waals surface area (Å²) < 4.78 is 0. The van der Waals surface area contributed by atoms with E-state index in [0.717, 1.165) is 53.1 Å². The van der Waals surface area contributed by atoms with E-state index in [-0.39, 0.29) is 18.3 Å². The van der Waals surface area contributed by atoms with E-state index in [9.17, 15) is 4.79 Å². The topological polar surface area (TPSA) is 58.4 Å². The van der Waals surface area contributed by atoms with Crippen LogP contribution in [0.25, 0.3) is 0 Å².